The van der Waals surface area contributed by atoms with E-state index in [-0.39, 0.29) is 16.9 Å². The van der Waals surface area contributed by atoms with Crippen LogP contribution in [0.1, 0.15) is 57.4 Å². The van der Waals surface area contributed by atoms with Crippen LogP contribution in [0.4, 0.5) is 13.2 Å². The quantitative estimate of drug-likeness (QED) is 0.406. The second kappa shape index (κ2) is 11.3. The lowest BCUT2D eigenvalue weighted by Crippen LogP contribution is -2.39. The van der Waals surface area contributed by atoms with Crippen molar-refractivity contribution in [2.45, 2.75) is 69.0 Å². The van der Waals surface area contributed by atoms with E-state index in [9.17, 15) is 21.6 Å². The second-order valence-corrected chi connectivity index (χ2v) is 10.3. The summed E-state index contributed by atoms with van der Waals surface area (Å²) in [6.07, 6.45) is 1.65. The van der Waals surface area contributed by atoms with E-state index in [1.54, 1.807) is 0 Å². The maximum Gasteiger partial charge on any atom is 0.416 e. The first-order chi connectivity index (χ1) is 14.6. The van der Waals surface area contributed by atoms with Crippen molar-refractivity contribution >= 4 is 10.0 Å². The third kappa shape index (κ3) is 7.51. The van der Waals surface area contributed by atoms with E-state index in [1.165, 1.54) is 11.4 Å². The maximum atomic E-state index is 12.8. The molecule has 31 heavy (non-hydrogen) atoms. The molecule has 0 heterocycles. The van der Waals surface area contributed by atoms with Gasteiger partial charge in [-0.25, -0.2) is 8.42 Å². The number of rotatable bonds is 8. The van der Waals surface area contributed by atoms with E-state index in [2.05, 4.69) is 30.7 Å². The van der Waals surface area contributed by atoms with Crippen LogP contribution < -0.4 is 0 Å². The lowest BCUT2D eigenvalue weighted by atomic mass is 9.86. The van der Waals surface area contributed by atoms with E-state index in [0.717, 1.165) is 69.5 Å². The van der Waals surface area contributed by atoms with Crippen molar-refractivity contribution in [3.8, 4) is 11.8 Å². The van der Waals surface area contributed by atoms with E-state index in [4.69, 9.17) is 0 Å². The van der Waals surface area contributed by atoms with Crippen LogP contribution in [0.2, 0.25) is 0 Å². The molecule has 0 saturated heterocycles. The largest absolute Gasteiger partial charge is 0.416 e. The zero-order valence-corrected chi connectivity index (χ0v) is 19.4. The number of hydrogen-bond donors (Lipinski definition) is 0. The van der Waals surface area contributed by atoms with Crippen LogP contribution in [0.5, 0.6) is 0 Å². The van der Waals surface area contributed by atoms with Crippen LogP contribution in [-0.2, 0) is 16.2 Å². The standard InChI is InChI=1S/C23H33F3N2O2S/c1-4-17-27(2)18-7-5-6-8-19-9-13-21(14-10-19)28(3)31(29,30)22-15-11-20(12-16-22)23(24,25)26/h11-12,15-16,19,21H,4-5,7,9-10,13-14,17-18H2,1-3H3/t19-,21-. The summed E-state index contributed by atoms with van der Waals surface area (Å²) in [5.41, 5.74) is -0.856. The minimum Gasteiger partial charge on any atom is -0.306 e. The van der Waals surface area contributed by atoms with Crippen molar-refractivity contribution < 1.29 is 21.6 Å². The van der Waals surface area contributed by atoms with Gasteiger partial charge in [0.2, 0.25) is 10.0 Å². The fourth-order valence-corrected chi connectivity index (χ4v) is 5.33. The summed E-state index contributed by atoms with van der Waals surface area (Å²) < 4.78 is 65.2. The normalized spacial score (nSPS) is 20.0. The molecule has 0 unspecified atom stereocenters. The first kappa shape index (κ1) is 25.7. The van der Waals surface area contributed by atoms with E-state index in [1.807, 2.05) is 0 Å². The zero-order valence-electron chi connectivity index (χ0n) is 18.6. The van der Waals surface area contributed by atoms with Crippen LogP contribution >= 0.6 is 0 Å². The highest BCUT2D eigenvalue weighted by molar-refractivity contribution is 7.89. The van der Waals surface area contributed by atoms with Gasteiger partial charge in [-0.05, 0) is 82.9 Å². The van der Waals surface area contributed by atoms with Crippen molar-refractivity contribution in [3.63, 3.8) is 0 Å². The van der Waals surface area contributed by atoms with Gasteiger partial charge in [0, 0.05) is 25.4 Å². The van der Waals surface area contributed by atoms with Crippen LogP contribution in [0.3, 0.4) is 0 Å². The molecule has 1 fully saturated rings. The molecule has 0 aromatic heterocycles. The van der Waals surface area contributed by atoms with Gasteiger partial charge in [-0.3, -0.25) is 0 Å². The van der Waals surface area contributed by atoms with Crippen molar-refractivity contribution in [1.82, 2.24) is 9.21 Å². The molecule has 8 heteroatoms. The van der Waals surface area contributed by atoms with Gasteiger partial charge in [-0.1, -0.05) is 12.8 Å². The molecule has 0 bridgehead atoms. The van der Waals surface area contributed by atoms with Gasteiger partial charge in [0.25, 0.3) is 0 Å². The van der Waals surface area contributed by atoms with E-state index in [0.29, 0.717) is 12.8 Å². The number of unbranched alkanes of at least 4 members (excludes halogenated alkanes) is 1. The monoisotopic (exact) mass is 458 g/mol. The van der Waals surface area contributed by atoms with Gasteiger partial charge in [0.1, 0.15) is 0 Å². The van der Waals surface area contributed by atoms with Crippen LogP contribution in [0, 0.1) is 17.8 Å². The molecule has 0 aliphatic heterocycles. The zero-order chi connectivity index (χ0) is 23.1. The summed E-state index contributed by atoms with van der Waals surface area (Å²) in [6, 6.07) is 3.53. The van der Waals surface area contributed by atoms with Crippen LogP contribution in [0.25, 0.3) is 0 Å². The number of benzene rings is 1. The molecular formula is C23H33F3N2O2S. The molecular weight excluding hydrogens is 425 g/mol. The Morgan fingerprint density at radius 3 is 2.19 bits per heavy atom. The molecule has 0 spiro atoms. The Balaban J connectivity index is 1.86. The highest BCUT2D eigenvalue weighted by Gasteiger charge is 2.33. The highest BCUT2D eigenvalue weighted by atomic mass is 32.2. The number of halogens is 3. The van der Waals surface area contributed by atoms with Crippen LogP contribution in [-0.4, -0.2) is 50.8 Å². The highest BCUT2D eigenvalue weighted by Crippen LogP contribution is 2.32. The Morgan fingerprint density at radius 1 is 1.03 bits per heavy atom. The molecule has 1 aliphatic rings. The minimum atomic E-state index is -4.49. The van der Waals surface area contributed by atoms with E-state index >= 15 is 0 Å². The molecule has 1 aromatic rings. The molecule has 1 aliphatic carbocycles. The third-order valence-electron chi connectivity index (χ3n) is 5.82. The van der Waals surface area contributed by atoms with Crippen molar-refractivity contribution in [3.05, 3.63) is 29.8 Å². The molecule has 1 aromatic carbocycles. The van der Waals surface area contributed by atoms with Gasteiger partial charge >= 0.3 is 6.18 Å². The van der Waals surface area contributed by atoms with E-state index < -0.39 is 21.8 Å². The van der Waals surface area contributed by atoms with Gasteiger partial charge in [-0.15, -0.1) is 5.92 Å². The lowest BCUT2D eigenvalue weighted by Gasteiger charge is -2.32. The summed E-state index contributed by atoms with van der Waals surface area (Å²) in [5.74, 6) is 6.89. The van der Waals surface area contributed by atoms with Gasteiger partial charge in [0.15, 0.2) is 0 Å². The Morgan fingerprint density at radius 2 is 1.65 bits per heavy atom. The SMILES string of the molecule is CCCN(C)CCCC#C[C@H]1CC[C@H](N(C)S(=O)(=O)c2ccc(C(F)(F)F)cc2)CC1. The summed E-state index contributed by atoms with van der Waals surface area (Å²) >= 11 is 0. The summed E-state index contributed by atoms with van der Waals surface area (Å²) in [4.78, 5) is 2.19. The Kier molecular flexibility index (Phi) is 9.41. The fraction of sp³-hybridized carbons (Fsp3) is 0.652. The van der Waals surface area contributed by atoms with Gasteiger partial charge in [-0.2, -0.15) is 17.5 Å². The van der Waals surface area contributed by atoms with Gasteiger partial charge in [0.05, 0.1) is 10.5 Å². The molecule has 0 amide bonds. The van der Waals surface area contributed by atoms with Crippen LogP contribution in [0.15, 0.2) is 29.2 Å². The third-order valence-corrected chi connectivity index (χ3v) is 7.75. The Labute approximate surface area is 184 Å². The van der Waals surface area contributed by atoms with Crippen molar-refractivity contribution in [1.29, 1.82) is 0 Å². The maximum absolute atomic E-state index is 12.8. The second-order valence-electron chi connectivity index (χ2n) is 8.28. The minimum absolute atomic E-state index is 0.113. The lowest BCUT2D eigenvalue weighted by molar-refractivity contribution is -0.137. The number of sulfonamides is 1. The molecule has 174 valence electrons. The molecule has 0 N–H and O–H groups in total. The average molecular weight is 459 g/mol. The smallest absolute Gasteiger partial charge is 0.306 e. The summed E-state index contributed by atoms with van der Waals surface area (Å²) in [7, 11) is -0.201. The van der Waals surface area contributed by atoms with Gasteiger partial charge < -0.3 is 4.90 Å². The predicted octanol–water partition coefficient (Wildman–Crippen LogP) is 5.01. The summed E-state index contributed by atoms with van der Waals surface area (Å²) in [6.45, 7) is 4.31. The molecule has 0 radical (unpaired) electrons. The molecule has 0 atom stereocenters. The molecule has 4 nitrogen and oxygen atoms in total. The predicted molar refractivity (Wildman–Crippen MR) is 117 cm³/mol. The molecule has 2 rings (SSSR count). The Hall–Kier alpha value is -1.56. The molecule has 1 saturated carbocycles. The first-order valence-electron chi connectivity index (χ1n) is 10.9. The van der Waals surface area contributed by atoms with Crippen molar-refractivity contribution in [2.24, 2.45) is 5.92 Å². The first-order valence-corrected chi connectivity index (χ1v) is 12.3. The summed E-state index contributed by atoms with van der Waals surface area (Å²) in [5, 5.41) is 0. The Bertz CT molecular complexity index is 850. The topological polar surface area (TPSA) is 40.6 Å². The fourth-order valence-electron chi connectivity index (χ4n) is 3.91. The number of alkyl halides is 3. The average Bonchev–Trinajstić information content (AvgIpc) is 2.73. The number of nitrogens with zero attached hydrogens (tertiary/aromatic N) is 2. The van der Waals surface area contributed by atoms with Crippen molar-refractivity contribution in [2.75, 3.05) is 27.2 Å². The number of hydrogen-bond acceptors (Lipinski definition) is 3.